The lowest BCUT2D eigenvalue weighted by Crippen LogP contribution is -2.09. The van der Waals surface area contributed by atoms with Crippen molar-refractivity contribution in [2.45, 2.75) is 23.6 Å². The number of carbonyl (C=O) groups excluding carboxylic acids is 1. The molecule has 0 saturated heterocycles. The Morgan fingerprint density at radius 3 is 2.74 bits per heavy atom. The zero-order chi connectivity index (χ0) is 14.4. The van der Waals surface area contributed by atoms with Crippen LogP contribution in [0, 0.1) is 10.1 Å². The Labute approximate surface area is 113 Å². The summed E-state index contributed by atoms with van der Waals surface area (Å²) < 4.78 is 9.37. The number of thioether (sulfide) groups is 1. The Morgan fingerprint density at radius 2 is 2.21 bits per heavy atom. The first kappa shape index (κ1) is 15.2. The second kappa shape index (κ2) is 6.88. The highest BCUT2D eigenvalue weighted by Crippen LogP contribution is 2.36. The first-order valence-corrected chi connectivity index (χ1v) is 6.14. The van der Waals surface area contributed by atoms with Crippen LogP contribution < -0.4 is 4.74 Å². The summed E-state index contributed by atoms with van der Waals surface area (Å²) >= 11 is 1.10. The van der Waals surface area contributed by atoms with Crippen LogP contribution in [0.25, 0.3) is 0 Å². The summed E-state index contributed by atoms with van der Waals surface area (Å²) in [5.74, 6) is -0.489. The second-order valence-electron chi connectivity index (χ2n) is 3.50. The molecule has 0 spiro atoms. The number of ether oxygens (including phenoxy) is 2. The van der Waals surface area contributed by atoms with Gasteiger partial charge in [-0.1, -0.05) is 18.7 Å². The van der Waals surface area contributed by atoms with Crippen molar-refractivity contribution in [3.8, 4) is 5.88 Å². The fourth-order valence-electron chi connectivity index (χ4n) is 1.29. The molecule has 1 aromatic heterocycles. The van der Waals surface area contributed by atoms with Gasteiger partial charge in [0, 0.05) is 5.25 Å². The molecule has 19 heavy (non-hydrogen) atoms. The average Bonchev–Trinajstić information content (AvgIpc) is 2.37. The van der Waals surface area contributed by atoms with Gasteiger partial charge < -0.3 is 9.47 Å². The summed E-state index contributed by atoms with van der Waals surface area (Å²) in [5, 5.41) is 10.9. The normalized spacial score (nSPS) is 11.7. The molecular formula is C10H13N3O5S. The van der Waals surface area contributed by atoms with Crippen LogP contribution in [0.5, 0.6) is 5.88 Å². The van der Waals surface area contributed by atoms with Crippen LogP contribution in [0.2, 0.25) is 0 Å². The van der Waals surface area contributed by atoms with Gasteiger partial charge in [0.25, 0.3) is 5.88 Å². The molecule has 0 bridgehead atoms. The Morgan fingerprint density at radius 1 is 1.53 bits per heavy atom. The van der Waals surface area contributed by atoms with Gasteiger partial charge in [0.2, 0.25) is 0 Å². The molecule has 8 nitrogen and oxygen atoms in total. The number of carbonyl (C=O) groups is 1. The van der Waals surface area contributed by atoms with Crippen LogP contribution in [0.15, 0.2) is 11.4 Å². The van der Waals surface area contributed by atoms with Crippen molar-refractivity contribution in [3.63, 3.8) is 0 Å². The summed E-state index contributed by atoms with van der Waals surface area (Å²) in [6.07, 6.45) is 1.31. The molecule has 0 aliphatic carbocycles. The van der Waals surface area contributed by atoms with E-state index in [0.717, 1.165) is 11.8 Å². The van der Waals surface area contributed by atoms with E-state index >= 15 is 0 Å². The van der Waals surface area contributed by atoms with E-state index in [-0.39, 0.29) is 34.2 Å². The van der Waals surface area contributed by atoms with E-state index < -0.39 is 4.92 Å². The smallest absolute Gasteiger partial charge is 0.362 e. The zero-order valence-corrected chi connectivity index (χ0v) is 11.5. The maximum absolute atomic E-state index is 11.1. The molecule has 0 radical (unpaired) electrons. The third-order valence-corrected chi connectivity index (χ3v) is 3.22. The lowest BCUT2D eigenvalue weighted by molar-refractivity contribution is -0.389. The molecule has 104 valence electrons. The molecule has 0 aliphatic heterocycles. The highest BCUT2D eigenvalue weighted by Gasteiger charge is 2.26. The fraction of sp³-hybridized carbons (Fsp3) is 0.500. The maximum Gasteiger partial charge on any atom is 0.362 e. The van der Waals surface area contributed by atoms with Gasteiger partial charge in [0.15, 0.2) is 5.03 Å². The quantitative estimate of drug-likeness (QED) is 0.254. The maximum atomic E-state index is 11.1. The number of nitrogens with zero attached hydrogens (tertiary/aromatic N) is 3. The summed E-state index contributed by atoms with van der Waals surface area (Å²) in [4.78, 5) is 29.1. The number of aromatic nitrogens is 2. The van der Waals surface area contributed by atoms with Gasteiger partial charge in [-0.05, 0) is 0 Å². The summed E-state index contributed by atoms with van der Waals surface area (Å²) in [7, 11) is 2.58. The molecule has 1 rings (SSSR count). The Bertz CT molecular complexity index is 482. The number of nitro groups is 1. The van der Waals surface area contributed by atoms with Gasteiger partial charge in [0.05, 0.1) is 25.6 Å². The minimum absolute atomic E-state index is 0.104. The molecule has 0 N–H and O–H groups in total. The van der Waals surface area contributed by atoms with Crippen molar-refractivity contribution in [1.82, 2.24) is 9.97 Å². The predicted molar refractivity (Wildman–Crippen MR) is 67.2 cm³/mol. The van der Waals surface area contributed by atoms with Crippen molar-refractivity contribution in [2.75, 3.05) is 14.2 Å². The molecule has 1 atom stereocenters. The van der Waals surface area contributed by atoms with Crippen molar-refractivity contribution in [1.29, 1.82) is 0 Å². The van der Waals surface area contributed by atoms with Gasteiger partial charge in [-0.25, -0.2) is 4.98 Å². The van der Waals surface area contributed by atoms with Crippen molar-refractivity contribution < 1.29 is 19.2 Å². The molecule has 0 aliphatic rings. The molecule has 0 fully saturated rings. The summed E-state index contributed by atoms with van der Waals surface area (Å²) in [5.41, 5.74) is -0.299. The van der Waals surface area contributed by atoms with E-state index in [4.69, 9.17) is 4.74 Å². The van der Waals surface area contributed by atoms with E-state index in [1.807, 2.05) is 0 Å². The highest BCUT2D eigenvalue weighted by molar-refractivity contribution is 8.00. The van der Waals surface area contributed by atoms with E-state index in [2.05, 4.69) is 14.7 Å². The predicted octanol–water partition coefficient (Wildman–Crippen LogP) is 1.44. The van der Waals surface area contributed by atoms with Crippen LogP contribution >= 0.6 is 11.8 Å². The molecule has 1 aromatic rings. The number of hydrogen-bond donors (Lipinski definition) is 0. The standard InChI is InChI=1S/C10H13N3O5S/c1-6(4-7(14)17-2)19-10-8(13(15)16)9(18-3)11-5-12-10/h5-6H,4H2,1-3H3. The van der Waals surface area contributed by atoms with Gasteiger partial charge in [-0.3, -0.25) is 14.9 Å². The lowest BCUT2D eigenvalue weighted by Gasteiger charge is -2.09. The van der Waals surface area contributed by atoms with Gasteiger partial charge in [-0.15, -0.1) is 0 Å². The lowest BCUT2D eigenvalue weighted by atomic mass is 10.3. The average molecular weight is 287 g/mol. The largest absolute Gasteiger partial charge is 0.476 e. The topological polar surface area (TPSA) is 104 Å². The van der Waals surface area contributed by atoms with Crippen molar-refractivity contribution in [2.24, 2.45) is 0 Å². The third kappa shape index (κ3) is 4.05. The van der Waals surface area contributed by atoms with E-state index in [1.54, 1.807) is 6.92 Å². The van der Waals surface area contributed by atoms with Gasteiger partial charge >= 0.3 is 11.7 Å². The van der Waals surface area contributed by atoms with E-state index in [0.29, 0.717) is 0 Å². The number of esters is 1. The molecule has 0 amide bonds. The van der Waals surface area contributed by atoms with Crippen LogP contribution in [-0.2, 0) is 9.53 Å². The minimum Gasteiger partial charge on any atom is -0.476 e. The molecule has 1 heterocycles. The van der Waals surface area contributed by atoms with Crippen LogP contribution in [0.4, 0.5) is 5.69 Å². The molecular weight excluding hydrogens is 274 g/mol. The second-order valence-corrected chi connectivity index (χ2v) is 4.93. The van der Waals surface area contributed by atoms with Crippen LogP contribution in [-0.4, -0.2) is 40.3 Å². The monoisotopic (exact) mass is 287 g/mol. The molecule has 9 heteroatoms. The first-order valence-electron chi connectivity index (χ1n) is 5.26. The van der Waals surface area contributed by atoms with Crippen LogP contribution in [0.1, 0.15) is 13.3 Å². The number of hydrogen-bond acceptors (Lipinski definition) is 8. The Hall–Kier alpha value is -1.90. The molecule has 0 saturated carbocycles. The fourth-order valence-corrected chi connectivity index (χ4v) is 2.27. The SMILES string of the molecule is COC(=O)CC(C)Sc1ncnc(OC)c1[N+](=O)[O-]. The van der Waals surface area contributed by atoms with Gasteiger partial charge in [0.1, 0.15) is 6.33 Å². The first-order chi connectivity index (χ1) is 8.99. The third-order valence-electron chi connectivity index (χ3n) is 2.13. The number of methoxy groups -OCH3 is 2. The molecule has 1 unspecified atom stereocenters. The zero-order valence-electron chi connectivity index (χ0n) is 10.7. The van der Waals surface area contributed by atoms with Gasteiger partial charge in [-0.2, -0.15) is 4.98 Å². The summed E-state index contributed by atoms with van der Waals surface area (Å²) in [6, 6.07) is 0. The van der Waals surface area contributed by atoms with Crippen molar-refractivity contribution in [3.05, 3.63) is 16.4 Å². The summed E-state index contributed by atoms with van der Waals surface area (Å²) in [6.45, 7) is 1.75. The number of rotatable bonds is 6. The van der Waals surface area contributed by atoms with Crippen LogP contribution in [0.3, 0.4) is 0 Å². The highest BCUT2D eigenvalue weighted by atomic mass is 32.2. The minimum atomic E-state index is -0.605. The Balaban J connectivity index is 2.94. The van der Waals surface area contributed by atoms with E-state index in [1.165, 1.54) is 20.5 Å². The molecule has 0 aromatic carbocycles. The van der Waals surface area contributed by atoms with Crippen molar-refractivity contribution >= 4 is 23.4 Å². The Kier molecular flexibility index (Phi) is 5.49. The van der Waals surface area contributed by atoms with E-state index in [9.17, 15) is 14.9 Å².